The van der Waals surface area contributed by atoms with E-state index in [0.29, 0.717) is 6.54 Å². The Bertz CT molecular complexity index is 587. The Morgan fingerprint density at radius 1 is 1.33 bits per heavy atom. The average molecular weight is 315 g/mol. The first kappa shape index (κ1) is 15.6. The molecule has 114 valence electrons. The van der Waals surface area contributed by atoms with E-state index >= 15 is 0 Å². The Morgan fingerprint density at radius 2 is 2.14 bits per heavy atom. The lowest BCUT2D eigenvalue weighted by Gasteiger charge is -2.09. The van der Waals surface area contributed by atoms with Gasteiger partial charge in [0, 0.05) is 31.2 Å². The summed E-state index contributed by atoms with van der Waals surface area (Å²) < 4.78 is 30.7. The maximum atomic E-state index is 12.1. The van der Waals surface area contributed by atoms with Crippen molar-refractivity contribution in [1.29, 1.82) is 0 Å². The summed E-state index contributed by atoms with van der Waals surface area (Å²) in [5, 5.41) is 3.35. The lowest BCUT2D eigenvalue weighted by molar-refractivity contribution is -0.0497. The highest BCUT2D eigenvalue weighted by Gasteiger charge is 2.09. The SMILES string of the molecule is CCCn1ccc(CNc2ccc(OC(F)F)c(Cl)c2)c1. The molecule has 2 rings (SSSR count). The molecule has 21 heavy (non-hydrogen) atoms. The van der Waals surface area contributed by atoms with E-state index in [-0.39, 0.29) is 10.8 Å². The molecule has 0 bridgehead atoms. The van der Waals surface area contributed by atoms with Gasteiger partial charge in [-0.1, -0.05) is 18.5 Å². The van der Waals surface area contributed by atoms with Crippen molar-refractivity contribution in [2.75, 3.05) is 5.32 Å². The number of halogens is 3. The molecule has 0 saturated carbocycles. The van der Waals surface area contributed by atoms with Gasteiger partial charge in [-0.25, -0.2) is 0 Å². The van der Waals surface area contributed by atoms with Gasteiger partial charge in [-0.3, -0.25) is 0 Å². The molecule has 0 saturated heterocycles. The molecule has 0 radical (unpaired) electrons. The molecular formula is C15H17ClF2N2O. The first-order chi connectivity index (χ1) is 10.1. The zero-order valence-corrected chi connectivity index (χ0v) is 12.4. The Hall–Kier alpha value is -1.75. The Labute approximate surface area is 127 Å². The molecule has 1 N–H and O–H groups in total. The van der Waals surface area contributed by atoms with E-state index in [4.69, 9.17) is 11.6 Å². The van der Waals surface area contributed by atoms with Crippen LogP contribution in [0.3, 0.4) is 0 Å². The van der Waals surface area contributed by atoms with Gasteiger partial charge in [0.05, 0.1) is 5.02 Å². The third kappa shape index (κ3) is 4.63. The van der Waals surface area contributed by atoms with E-state index < -0.39 is 6.61 Å². The van der Waals surface area contributed by atoms with Gasteiger partial charge in [-0.2, -0.15) is 8.78 Å². The van der Waals surface area contributed by atoms with Crippen LogP contribution < -0.4 is 10.1 Å². The van der Waals surface area contributed by atoms with Crippen LogP contribution in [0.4, 0.5) is 14.5 Å². The number of nitrogens with zero attached hydrogens (tertiary/aromatic N) is 1. The number of alkyl halides is 2. The third-order valence-corrected chi connectivity index (χ3v) is 3.23. The smallest absolute Gasteiger partial charge is 0.387 e. The molecule has 1 aromatic heterocycles. The first-order valence-corrected chi connectivity index (χ1v) is 7.09. The molecular weight excluding hydrogens is 298 g/mol. The molecule has 0 fully saturated rings. The topological polar surface area (TPSA) is 26.2 Å². The standard InChI is InChI=1S/C15H17ClF2N2O/c1-2-6-20-7-5-11(10-20)9-19-12-3-4-14(13(16)8-12)21-15(17)18/h3-5,7-8,10,15,19H,2,6,9H2,1H3. The van der Waals surface area contributed by atoms with Crippen LogP contribution >= 0.6 is 11.6 Å². The van der Waals surface area contributed by atoms with Gasteiger partial charge < -0.3 is 14.6 Å². The van der Waals surface area contributed by atoms with Crippen molar-refractivity contribution in [3.63, 3.8) is 0 Å². The molecule has 0 amide bonds. The summed E-state index contributed by atoms with van der Waals surface area (Å²) in [5.41, 5.74) is 1.90. The van der Waals surface area contributed by atoms with E-state index in [1.807, 2.05) is 12.3 Å². The minimum Gasteiger partial charge on any atom is -0.433 e. The third-order valence-electron chi connectivity index (χ3n) is 2.94. The highest BCUT2D eigenvalue weighted by atomic mass is 35.5. The number of aromatic nitrogens is 1. The second kappa shape index (κ2) is 7.31. The minimum atomic E-state index is -2.88. The molecule has 0 aliphatic heterocycles. The fourth-order valence-electron chi connectivity index (χ4n) is 2.00. The predicted molar refractivity (Wildman–Crippen MR) is 80.1 cm³/mol. The van der Waals surface area contributed by atoms with Gasteiger partial charge in [0.2, 0.25) is 0 Å². The van der Waals surface area contributed by atoms with Crippen molar-refractivity contribution >= 4 is 17.3 Å². The summed E-state index contributed by atoms with van der Waals surface area (Å²) in [6.07, 6.45) is 5.20. The number of hydrogen-bond donors (Lipinski definition) is 1. The van der Waals surface area contributed by atoms with E-state index in [9.17, 15) is 8.78 Å². The Balaban J connectivity index is 1.94. The van der Waals surface area contributed by atoms with E-state index in [2.05, 4.69) is 27.7 Å². The van der Waals surface area contributed by atoms with Crippen LogP contribution in [0, 0.1) is 0 Å². The van der Waals surface area contributed by atoms with Crippen molar-refractivity contribution in [2.45, 2.75) is 33.0 Å². The highest BCUT2D eigenvalue weighted by molar-refractivity contribution is 6.32. The summed E-state index contributed by atoms with van der Waals surface area (Å²) >= 11 is 5.90. The quantitative estimate of drug-likeness (QED) is 0.797. The van der Waals surface area contributed by atoms with Gasteiger partial charge in [0.25, 0.3) is 0 Å². The van der Waals surface area contributed by atoms with Gasteiger partial charge in [-0.05, 0) is 36.2 Å². The van der Waals surface area contributed by atoms with Gasteiger partial charge >= 0.3 is 6.61 Å². The van der Waals surface area contributed by atoms with E-state index in [0.717, 1.165) is 24.2 Å². The Kier molecular flexibility index (Phi) is 5.44. The molecule has 2 aromatic rings. The summed E-state index contributed by atoms with van der Waals surface area (Å²) in [4.78, 5) is 0. The predicted octanol–water partition coefficient (Wildman–Crippen LogP) is 4.77. The summed E-state index contributed by atoms with van der Waals surface area (Å²) in [7, 11) is 0. The number of anilines is 1. The lowest BCUT2D eigenvalue weighted by atomic mass is 10.2. The van der Waals surface area contributed by atoms with E-state index in [1.165, 1.54) is 6.07 Å². The molecule has 0 aliphatic carbocycles. The number of nitrogens with one attached hydrogen (secondary N) is 1. The van der Waals surface area contributed by atoms with Crippen LogP contribution in [-0.2, 0) is 13.1 Å². The van der Waals surface area contributed by atoms with Crippen molar-refractivity contribution in [3.8, 4) is 5.75 Å². The molecule has 0 atom stereocenters. The minimum absolute atomic E-state index is 0.0219. The molecule has 0 unspecified atom stereocenters. The number of ether oxygens (including phenoxy) is 1. The fourth-order valence-corrected chi connectivity index (χ4v) is 2.22. The van der Waals surface area contributed by atoms with Crippen molar-refractivity contribution in [1.82, 2.24) is 4.57 Å². The zero-order chi connectivity index (χ0) is 15.2. The van der Waals surface area contributed by atoms with Crippen LogP contribution in [-0.4, -0.2) is 11.2 Å². The van der Waals surface area contributed by atoms with Crippen LogP contribution in [0.25, 0.3) is 0 Å². The zero-order valence-electron chi connectivity index (χ0n) is 11.7. The van der Waals surface area contributed by atoms with Gasteiger partial charge in [0.1, 0.15) is 5.75 Å². The molecule has 1 aromatic carbocycles. The van der Waals surface area contributed by atoms with Crippen LogP contribution in [0.15, 0.2) is 36.7 Å². The average Bonchev–Trinajstić information content (AvgIpc) is 2.87. The summed E-state index contributed by atoms with van der Waals surface area (Å²) in [5.74, 6) is -0.0219. The molecule has 3 nitrogen and oxygen atoms in total. The Morgan fingerprint density at radius 3 is 2.81 bits per heavy atom. The van der Waals surface area contributed by atoms with E-state index in [1.54, 1.807) is 12.1 Å². The number of aryl methyl sites for hydroxylation is 1. The van der Waals surface area contributed by atoms with Gasteiger partial charge in [-0.15, -0.1) is 0 Å². The van der Waals surface area contributed by atoms with Crippen molar-refractivity contribution in [2.24, 2.45) is 0 Å². The van der Waals surface area contributed by atoms with Crippen LogP contribution in [0.5, 0.6) is 5.75 Å². The van der Waals surface area contributed by atoms with Crippen LogP contribution in [0.2, 0.25) is 5.02 Å². The molecule has 0 spiro atoms. The number of rotatable bonds is 7. The second-order valence-electron chi connectivity index (χ2n) is 4.63. The normalized spacial score (nSPS) is 10.9. The summed E-state index contributed by atoms with van der Waals surface area (Å²) in [6, 6.07) is 6.70. The lowest BCUT2D eigenvalue weighted by Crippen LogP contribution is -2.03. The highest BCUT2D eigenvalue weighted by Crippen LogP contribution is 2.29. The maximum absolute atomic E-state index is 12.1. The van der Waals surface area contributed by atoms with Crippen molar-refractivity contribution < 1.29 is 13.5 Å². The number of benzene rings is 1. The maximum Gasteiger partial charge on any atom is 0.387 e. The first-order valence-electron chi connectivity index (χ1n) is 6.71. The molecule has 1 heterocycles. The summed E-state index contributed by atoms with van der Waals surface area (Å²) in [6.45, 7) is 0.885. The number of hydrogen-bond acceptors (Lipinski definition) is 2. The van der Waals surface area contributed by atoms with Gasteiger partial charge in [0.15, 0.2) is 0 Å². The van der Waals surface area contributed by atoms with Crippen molar-refractivity contribution in [3.05, 3.63) is 47.2 Å². The fraction of sp³-hybridized carbons (Fsp3) is 0.333. The largest absolute Gasteiger partial charge is 0.433 e. The second-order valence-corrected chi connectivity index (χ2v) is 5.04. The molecule has 6 heteroatoms. The molecule has 0 aliphatic rings. The monoisotopic (exact) mass is 314 g/mol. The van der Waals surface area contributed by atoms with Crippen LogP contribution in [0.1, 0.15) is 18.9 Å².